The van der Waals surface area contributed by atoms with Gasteiger partial charge in [0, 0.05) is 11.8 Å². The number of ether oxygens (including phenoxy) is 1. The van der Waals surface area contributed by atoms with Crippen molar-refractivity contribution in [1.82, 2.24) is 0 Å². The topological polar surface area (TPSA) is 64.4 Å². The smallest absolute Gasteiger partial charge is 0.296 e. The first-order chi connectivity index (χ1) is 9.41. The molecule has 110 valence electrons. The Balaban J connectivity index is 2.18. The molecule has 1 atom stereocenters. The Morgan fingerprint density at radius 2 is 2.25 bits per heavy atom. The van der Waals surface area contributed by atoms with Crippen LogP contribution < -0.4 is 10.1 Å². The number of anilines is 1. The quantitative estimate of drug-likeness (QED) is 0.680. The first kappa shape index (κ1) is 15.0. The van der Waals surface area contributed by atoms with Gasteiger partial charge in [-0.25, -0.2) is 0 Å². The van der Waals surface area contributed by atoms with Crippen molar-refractivity contribution in [3.05, 3.63) is 28.3 Å². The number of nitro benzene ring substituents is 1. The van der Waals surface area contributed by atoms with Crippen molar-refractivity contribution in [1.29, 1.82) is 0 Å². The van der Waals surface area contributed by atoms with Crippen molar-refractivity contribution in [3.8, 4) is 5.75 Å². The standard InChI is InChI=1S/C14H20N2O3S/c1-14(2)7-10(8-20-9-14)15-12-5-4-11(19-3)6-13(12)16(17)18/h4-6,10,15H,7-9H2,1-3H3. The number of methoxy groups -OCH3 is 1. The second kappa shape index (κ2) is 5.91. The lowest BCUT2D eigenvalue weighted by molar-refractivity contribution is -0.384. The number of nitrogens with one attached hydrogen (secondary N) is 1. The van der Waals surface area contributed by atoms with Crippen LogP contribution in [0, 0.1) is 15.5 Å². The molecule has 0 aromatic heterocycles. The van der Waals surface area contributed by atoms with Crippen LogP contribution in [0.4, 0.5) is 11.4 Å². The summed E-state index contributed by atoms with van der Waals surface area (Å²) in [5.41, 5.74) is 0.902. The van der Waals surface area contributed by atoms with Gasteiger partial charge in [-0.3, -0.25) is 10.1 Å². The summed E-state index contributed by atoms with van der Waals surface area (Å²) in [7, 11) is 1.51. The Labute approximate surface area is 123 Å². The molecule has 0 aliphatic carbocycles. The summed E-state index contributed by atoms with van der Waals surface area (Å²) in [6.07, 6.45) is 1.02. The Morgan fingerprint density at radius 1 is 1.50 bits per heavy atom. The van der Waals surface area contributed by atoms with E-state index >= 15 is 0 Å². The summed E-state index contributed by atoms with van der Waals surface area (Å²) in [4.78, 5) is 10.8. The Hall–Kier alpha value is -1.43. The lowest BCUT2D eigenvalue weighted by Gasteiger charge is -2.35. The Kier molecular flexibility index (Phi) is 4.42. The Bertz CT molecular complexity index is 505. The van der Waals surface area contributed by atoms with Gasteiger partial charge in [0.25, 0.3) is 5.69 Å². The van der Waals surface area contributed by atoms with Crippen LogP contribution in [0.5, 0.6) is 5.75 Å². The minimum absolute atomic E-state index is 0.0673. The van der Waals surface area contributed by atoms with E-state index in [1.54, 1.807) is 12.1 Å². The molecule has 0 radical (unpaired) electrons. The maximum atomic E-state index is 11.2. The third-order valence-electron chi connectivity index (χ3n) is 3.37. The second-order valence-corrected chi connectivity index (χ2v) is 6.90. The van der Waals surface area contributed by atoms with Crippen LogP contribution in [0.2, 0.25) is 0 Å². The molecule has 0 spiro atoms. The molecule has 2 rings (SSSR count). The fourth-order valence-corrected chi connectivity index (χ4v) is 3.76. The van der Waals surface area contributed by atoms with Gasteiger partial charge in [-0.15, -0.1) is 0 Å². The van der Waals surface area contributed by atoms with Crippen LogP contribution in [-0.4, -0.2) is 29.6 Å². The number of hydrogen-bond acceptors (Lipinski definition) is 5. The summed E-state index contributed by atoms with van der Waals surface area (Å²) in [6, 6.07) is 5.19. The van der Waals surface area contributed by atoms with Crippen molar-refractivity contribution < 1.29 is 9.66 Å². The van der Waals surface area contributed by atoms with Crippen molar-refractivity contribution in [2.45, 2.75) is 26.3 Å². The van der Waals surface area contributed by atoms with Gasteiger partial charge in [-0.1, -0.05) is 13.8 Å². The van der Waals surface area contributed by atoms with Gasteiger partial charge in [0.15, 0.2) is 0 Å². The molecule has 20 heavy (non-hydrogen) atoms. The van der Waals surface area contributed by atoms with Crippen LogP contribution in [-0.2, 0) is 0 Å². The molecule has 1 unspecified atom stereocenters. The average Bonchev–Trinajstić information content (AvgIpc) is 2.37. The minimum Gasteiger partial charge on any atom is -0.496 e. The van der Waals surface area contributed by atoms with Crippen LogP contribution in [0.3, 0.4) is 0 Å². The maximum absolute atomic E-state index is 11.2. The van der Waals surface area contributed by atoms with Crippen LogP contribution >= 0.6 is 11.8 Å². The van der Waals surface area contributed by atoms with Gasteiger partial charge >= 0.3 is 0 Å². The van der Waals surface area contributed by atoms with Crippen molar-refractivity contribution in [2.24, 2.45) is 5.41 Å². The molecule has 1 heterocycles. The molecule has 1 aliphatic heterocycles. The average molecular weight is 296 g/mol. The highest BCUT2D eigenvalue weighted by atomic mass is 32.2. The van der Waals surface area contributed by atoms with Gasteiger partial charge in [0.1, 0.15) is 11.4 Å². The molecule has 0 saturated carbocycles. The number of rotatable bonds is 4. The lowest BCUT2D eigenvalue weighted by Crippen LogP contribution is -2.35. The van der Waals surface area contributed by atoms with Crippen molar-refractivity contribution in [3.63, 3.8) is 0 Å². The fraction of sp³-hybridized carbons (Fsp3) is 0.571. The van der Waals surface area contributed by atoms with Gasteiger partial charge in [-0.05, 0) is 29.7 Å². The number of hydrogen-bond donors (Lipinski definition) is 1. The largest absolute Gasteiger partial charge is 0.496 e. The predicted molar refractivity (Wildman–Crippen MR) is 82.8 cm³/mol. The van der Waals surface area contributed by atoms with E-state index in [4.69, 9.17) is 4.74 Å². The number of benzene rings is 1. The second-order valence-electron chi connectivity index (χ2n) is 5.86. The van der Waals surface area contributed by atoms with E-state index in [9.17, 15) is 10.1 Å². The van der Waals surface area contributed by atoms with E-state index in [-0.39, 0.29) is 22.1 Å². The third-order valence-corrected chi connectivity index (χ3v) is 5.00. The molecular formula is C14H20N2O3S. The SMILES string of the molecule is COc1ccc(NC2CSCC(C)(C)C2)c([N+](=O)[O-])c1. The fourth-order valence-electron chi connectivity index (χ4n) is 2.49. The summed E-state index contributed by atoms with van der Waals surface area (Å²) in [5, 5.41) is 14.5. The van der Waals surface area contributed by atoms with E-state index in [2.05, 4.69) is 19.2 Å². The number of nitro groups is 1. The highest BCUT2D eigenvalue weighted by molar-refractivity contribution is 7.99. The molecule has 0 amide bonds. The first-order valence-corrected chi connectivity index (χ1v) is 7.73. The van der Waals surface area contributed by atoms with Gasteiger partial charge in [-0.2, -0.15) is 11.8 Å². The van der Waals surface area contributed by atoms with E-state index in [1.807, 2.05) is 11.8 Å². The Morgan fingerprint density at radius 3 is 2.85 bits per heavy atom. The zero-order valence-corrected chi connectivity index (χ0v) is 12.8. The maximum Gasteiger partial charge on any atom is 0.296 e. The first-order valence-electron chi connectivity index (χ1n) is 6.58. The van der Waals surface area contributed by atoms with Crippen LogP contribution in [0.25, 0.3) is 0 Å². The van der Waals surface area contributed by atoms with E-state index < -0.39 is 0 Å². The summed E-state index contributed by atoms with van der Waals surface area (Å²) < 4.78 is 5.05. The number of nitrogens with zero attached hydrogens (tertiary/aromatic N) is 1. The number of thioether (sulfide) groups is 1. The molecule has 1 N–H and O–H groups in total. The summed E-state index contributed by atoms with van der Waals surface area (Å²) in [6.45, 7) is 4.46. The zero-order valence-electron chi connectivity index (χ0n) is 12.0. The van der Waals surface area contributed by atoms with Crippen LogP contribution in [0.15, 0.2) is 18.2 Å². The van der Waals surface area contributed by atoms with Gasteiger partial charge in [0.2, 0.25) is 0 Å². The highest BCUT2D eigenvalue weighted by Crippen LogP contribution is 2.36. The molecular weight excluding hydrogens is 276 g/mol. The van der Waals surface area contributed by atoms with Crippen molar-refractivity contribution >= 4 is 23.1 Å². The van der Waals surface area contributed by atoms with E-state index in [0.717, 1.165) is 17.9 Å². The predicted octanol–water partition coefficient (Wildman–Crippen LogP) is 3.55. The lowest BCUT2D eigenvalue weighted by atomic mass is 9.87. The highest BCUT2D eigenvalue weighted by Gasteiger charge is 2.29. The molecule has 1 fully saturated rings. The van der Waals surface area contributed by atoms with Gasteiger partial charge < -0.3 is 10.1 Å². The minimum atomic E-state index is -0.369. The molecule has 1 aromatic rings. The van der Waals surface area contributed by atoms with E-state index in [1.165, 1.54) is 13.2 Å². The van der Waals surface area contributed by atoms with E-state index in [0.29, 0.717) is 11.4 Å². The zero-order chi connectivity index (χ0) is 14.8. The molecule has 0 bridgehead atoms. The van der Waals surface area contributed by atoms with Gasteiger partial charge in [0.05, 0.1) is 18.1 Å². The summed E-state index contributed by atoms with van der Waals surface area (Å²) >= 11 is 1.89. The molecule has 6 heteroatoms. The normalized spacial score (nSPS) is 21.2. The molecule has 1 saturated heterocycles. The molecule has 5 nitrogen and oxygen atoms in total. The van der Waals surface area contributed by atoms with Crippen LogP contribution in [0.1, 0.15) is 20.3 Å². The summed E-state index contributed by atoms with van der Waals surface area (Å²) in [5.74, 6) is 2.61. The third kappa shape index (κ3) is 3.56. The monoisotopic (exact) mass is 296 g/mol. The molecule has 1 aromatic carbocycles. The molecule has 1 aliphatic rings. The van der Waals surface area contributed by atoms with Crippen molar-refractivity contribution in [2.75, 3.05) is 23.9 Å².